The van der Waals surface area contributed by atoms with Gasteiger partial charge < -0.3 is 4.57 Å². The molecular formula is C10H14N8O3S. The number of aryl methyl sites for hydroxylation is 1. The Labute approximate surface area is 129 Å². The number of nitrogens with zero attached hydrogens (tertiary/aromatic N) is 6. The second-order valence-electron chi connectivity index (χ2n) is 4.17. The van der Waals surface area contributed by atoms with Gasteiger partial charge in [-0.3, -0.25) is 25.0 Å². The number of thioether (sulfide) groups is 1. The number of aromatic nitrogens is 5. The smallest absolute Gasteiger partial charge is 0.304 e. The summed E-state index contributed by atoms with van der Waals surface area (Å²) >= 11 is 1.12. The van der Waals surface area contributed by atoms with Gasteiger partial charge in [0.1, 0.15) is 6.20 Å². The second-order valence-corrected chi connectivity index (χ2v) is 5.12. The first-order valence-electron chi connectivity index (χ1n) is 6.21. The van der Waals surface area contributed by atoms with Crippen LogP contribution in [-0.4, -0.2) is 41.1 Å². The van der Waals surface area contributed by atoms with E-state index in [9.17, 15) is 14.9 Å². The van der Waals surface area contributed by atoms with Crippen LogP contribution < -0.4 is 11.3 Å². The molecule has 0 bridgehead atoms. The van der Waals surface area contributed by atoms with Crippen molar-refractivity contribution in [2.45, 2.75) is 18.6 Å². The quantitative estimate of drug-likeness (QED) is 0.241. The lowest BCUT2D eigenvalue weighted by Crippen LogP contribution is -2.31. The van der Waals surface area contributed by atoms with E-state index in [1.807, 2.05) is 12.3 Å². The van der Waals surface area contributed by atoms with Gasteiger partial charge in [-0.05, 0) is 6.92 Å². The highest BCUT2D eigenvalue weighted by atomic mass is 32.2. The standard InChI is InChI=1S/C10H14N8O3S/c1-3-17-8(6(4-12-17)18(20)21)9-14-15-10(16(9)2)22-5-7(19)13-11/h4H,3,5,11H2,1-2H3,(H,13,19). The van der Waals surface area contributed by atoms with Gasteiger partial charge in [0, 0.05) is 13.6 Å². The Bertz CT molecular complexity index is 709. The molecule has 0 fully saturated rings. The van der Waals surface area contributed by atoms with Gasteiger partial charge in [-0.2, -0.15) is 5.10 Å². The molecule has 11 nitrogen and oxygen atoms in total. The summed E-state index contributed by atoms with van der Waals surface area (Å²) in [6.45, 7) is 2.27. The van der Waals surface area contributed by atoms with Crippen LogP contribution in [0.4, 0.5) is 5.69 Å². The van der Waals surface area contributed by atoms with Gasteiger partial charge in [-0.1, -0.05) is 11.8 Å². The summed E-state index contributed by atoms with van der Waals surface area (Å²) in [5.74, 6) is 5.02. The van der Waals surface area contributed by atoms with Crippen molar-refractivity contribution >= 4 is 23.4 Å². The number of hydrogen-bond acceptors (Lipinski definition) is 8. The SMILES string of the molecule is CCn1ncc([N+](=O)[O-])c1-c1nnc(SCC(=O)NN)n1C. The maximum Gasteiger partial charge on any atom is 0.318 e. The third-order valence-corrected chi connectivity index (χ3v) is 3.88. The van der Waals surface area contributed by atoms with Gasteiger partial charge in [-0.15, -0.1) is 10.2 Å². The first-order chi connectivity index (χ1) is 10.5. The van der Waals surface area contributed by atoms with Gasteiger partial charge in [0.25, 0.3) is 0 Å². The van der Waals surface area contributed by atoms with Crippen LogP contribution in [-0.2, 0) is 18.4 Å². The molecule has 118 valence electrons. The zero-order valence-electron chi connectivity index (χ0n) is 11.9. The van der Waals surface area contributed by atoms with E-state index >= 15 is 0 Å². The summed E-state index contributed by atoms with van der Waals surface area (Å²) in [6.07, 6.45) is 1.18. The monoisotopic (exact) mass is 326 g/mol. The van der Waals surface area contributed by atoms with Crippen LogP contribution in [0, 0.1) is 10.1 Å². The molecule has 0 saturated heterocycles. The van der Waals surface area contributed by atoms with Crippen LogP contribution in [0.25, 0.3) is 11.5 Å². The molecule has 2 heterocycles. The maximum atomic E-state index is 11.2. The fourth-order valence-electron chi connectivity index (χ4n) is 1.80. The van der Waals surface area contributed by atoms with Crippen molar-refractivity contribution in [1.82, 2.24) is 30.0 Å². The summed E-state index contributed by atoms with van der Waals surface area (Å²) in [6, 6.07) is 0. The normalized spacial score (nSPS) is 10.7. The lowest BCUT2D eigenvalue weighted by atomic mass is 10.3. The summed E-state index contributed by atoms with van der Waals surface area (Å²) < 4.78 is 3.05. The van der Waals surface area contributed by atoms with E-state index in [0.29, 0.717) is 17.5 Å². The van der Waals surface area contributed by atoms with E-state index in [2.05, 4.69) is 15.3 Å². The highest BCUT2D eigenvalue weighted by molar-refractivity contribution is 7.99. The molecule has 0 aliphatic carbocycles. The number of nitro groups is 1. The van der Waals surface area contributed by atoms with Crippen LogP contribution in [0.5, 0.6) is 0 Å². The minimum absolute atomic E-state index is 0.0671. The van der Waals surface area contributed by atoms with Gasteiger partial charge in [0.2, 0.25) is 5.91 Å². The molecule has 0 spiro atoms. The third kappa shape index (κ3) is 2.92. The molecule has 0 aliphatic heterocycles. The van der Waals surface area contributed by atoms with E-state index in [0.717, 1.165) is 11.8 Å². The predicted molar refractivity (Wildman–Crippen MR) is 77.6 cm³/mol. The topological polar surface area (TPSA) is 147 Å². The van der Waals surface area contributed by atoms with Crippen LogP contribution in [0.1, 0.15) is 6.92 Å². The average Bonchev–Trinajstić information content (AvgIpc) is 3.07. The average molecular weight is 326 g/mol. The largest absolute Gasteiger partial charge is 0.318 e. The van der Waals surface area contributed by atoms with Crippen molar-refractivity contribution < 1.29 is 9.72 Å². The van der Waals surface area contributed by atoms with Gasteiger partial charge in [0.15, 0.2) is 16.7 Å². The number of carbonyl (C=O) groups excluding carboxylic acids is 1. The van der Waals surface area contributed by atoms with Crippen LogP contribution in [0.3, 0.4) is 0 Å². The number of nitrogens with two attached hydrogens (primary N) is 1. The molecule has 2 aromatic rings. The molecule has 0 radical (unpaired) electrons. The van der Waals surface area contributed by atoms with Crippen molar-refractivity contribution in [2.75, 3.05) is 5.75 Å². The van der Waals surface area contributed by atoms with Crippen LogP contribution in [0.15, 0.2) is 11.4 Å². The Kier molecular flexibility index (Phi) is 4.72. The number of rotatable bonds is 6. The minimum atomic E-state index is -0.516. The lowest BCUT2D eigenvalue weighted by Gasteiger charge is -2.05. The highest BCUT2D eigenvalue weighted by Gasteiger charge is 2.26. The Hall–Kier alpha value is -2.47. The van der Waals surface area contributed by atoms with E-state index in [-0.39, 0.29) is 23.0 Å². The Morgan fingerprint density at radius 1 is 1.55 bits per heavy atom. The van der Waals surface area contributed by atoms with Crippen molar-refractivity contribution in [1.29, 1.82) is 0 Å². The fraction of sp³-hybridized carbons (Fsp3) is 0.400. The van der Waals surface area contributed by atoms with E-state index < -0.39 is 4.92 Å². The zero-order chi connectivity index (χ0) is 16.3. The number of amides is 1. The fourth-order valence-corrected chi connectivity index (χ4v) is 2.52. The molecule has 0 unspecified atom stereocenters. The van der Waals surface area contributed by atoms with Crippen molar-refractivity contribution in [3.8, 4) is 11.5 Å². The number of nitrogens with one attached hydrogen (secondary N) is 1. The third-order valence-electron chi connectivity index (χ3n) is 2.86. The summed E-state index contributed by atoms with van der Waals surface area (Å²) in [5.41, 5.74) is 2.14. The van der Waals surface area contributed by atoms with Crippen molar-refractivity contribution in [3.63, 3.8) is 0 Å². The minimum Gasteiger partial charge on any atom is -0.304 e. The van der Waals surface area contributed by atoms with E-state index in [1.165, 1.54) is 10.9 Å². The molecule has 2 aromatic heterocycles. The molecular weight excluding hydrogens is 312 g/mol. The van der Waals surface area contributed by atoms with Gasteiger partial charge in [-0.25, -0.2) is 5.84 Å². The maximum absolute atomic E-state index is 11.2. The number of carbonyl (C=O) groups is 1. The van der Waals surface area contributed by atoms with Crippen LogP contribution >= 0.6 is 11.8 Å². The molecule has 22 heavy (non-hydrogen) atoms. The lowest BCUT2D eigenvalue weighted by molar-refractivity contribution is -0.384. The molecule has 2 rings (SSSR count). The Morgan fingerprint density at radius 3 is 2.86 bits per heavy atom. The van der Waals surface area contributed by atoms with Gasteiger partial charge >= 0.3 is 5.69 Å². The van der Waals surface area contributed by atoms with Crippen molar-refractivity contribution in [3.05, 3.63) is 16.3 Å². The van der Waals surface area contributed by atoms with Crippen molar-refractivity contribution in [2.24, 2.45) is 12.9 Å². The molecule has 0 aromatic carbocycles. The highest BCUT2D eigenvalue weighted by Crippen LogP contribution is 2.30. The number of hydrazine groups is 1. The van der Waals surface area contributed by atoms with Gasteiger partial charge in [0.05, 0.1) is 10.7 Å². The molecule has 0 atom stereocenters. The first-order valence-corrected chi connectivity index (χ1v) is 7.20. The predicted octanol–water partition coefficient (Wildman–Crippen LogP) is -0.311. The molecule has 12 heteroatoms. The Balaban J connectivity index is 2.38. The summed E-state index contributed by atoms with van der Waals surface area (Å²) in [4.78, 5) is 21.8. The Morgan fingerprint density at radius 2 is 2.27 bits per heavy atom. The zero-order valence-corrected chi connectivity index (χ0v) is 12.7. The summed E-state index contributed by atoms with van der Waals surface area (Å²) in [7, 11) is 1.66. The molecule has 1 amide bonds. The number of hydrogen-bond donors (Lipinski definition) is 2. The molecule has 3 N–H and O–H groups in total. The van der Waals surface area contributed by atoms with E-state index in [4.69, 9.17) is 5.84 Å². The first kappa shape index (κ1) is 15.9. The van der Waals surface area contributed by atoms with E-state index in [1.54, 1.807) is 11.6 Å². The molecule has 0 saturated carbocycles. The second kappa shape index (κ2) is 6.53. The summed E-state index contributed by atoms with van der Waals surface area (Å²) in [5, 5.41) is 23.5. The van der Waals surface area contributed by atoms with Crippen LogP contribution in [0.2, 0.25) is 0 Å². The molecule has 0 aliphatic rings.